The van der Waals surface area contributed by atoms with Gasteiger partial charge in [-0.2, -0.15) is 5.10 Å². The Hall–Kier alpha value is -2.38. The van der Waals surface area contributed by atoms with E-state index in [1.165, 1.54) is 0 Å². The molecule has 0 unspecified atom stereocenters. The third-order valence-electron chi connectivity index (χ3n) is 4.83. The van der Waals surface area contributed by atoms with Crippen molar-refractivity contribution < 1.29 is 14.4 Å². The number of aryl methyl sites for hydroxylation is 1. The Balaban J connectivity index is 1.72. The number of fused-ring (bicyclic) bond motifs is 1. The van der Waals surface area contributed by atoms with Gasteiger partial charge in [0.25, 0.3) is 5.91 Å². The van der Waals surface area contributed by atoms with Crippen LogP contribution in [0.15, 0.2) is 6.07 Å². The minimum atomic E-state index is -0.510. The first kappa shape index (κ1) is 17.4. The van der Waals surface area contributed by atoms with Crippen LogP contribution < -0.4 is 10.6 Å². The lowest BCUT2D eigenvalue weighted by atomic mass is 9.92. The van der Waals surface area contributed by atoms with Crippen molar-refractivity contribution >= 4 is 17.7 Å². The van der Waals surface area contributed by atoms with Gasteiger partial charge in [-0.1, -0.05) is 20.8 Å². The summed E-state index contributed by atoms with van der Waals surface area (Å²) in [5.74, 6) is -0.493. The summed E-state index contributed by atoms with van der Waals surface area (Å²) >= 11 is 0. The molecule has 1 aromatic heterocycles. The van der Waals surface area contributed by atoms with Gasteiger partial charge in [0, 0.05) is 25.0 Å². The molecule has 0 spiro atoms. The molecule has 2 N–H and O–H groups in total. The molecule has 25 heavy (non-hydrogen) atoms. The SMILES string of the molecule is C[C@@H]1NC(=O)[C@@H]2C[C@H](NC(=O)c3cc(C(C)(C)C)nn3C)CN2C1=O. The van der Waals surface area contributed by atoms with E-state index in [1.807, 2.05) is 20.8 Å². The molecule has 8 heteroatoms. The van der Waals surface area contributed by atoms with Gasteiger partial charge >= 0.3 is 0 Å². The van der Waals surface area contributed by atoms with Crippen molar-refractivity contribution in [1.29, 1.82) is 0 Å². The van der Waals surface area contributed by atoms with E-state index in [-0.39, 0.29) is 29.2 Å². The van der Waals surface area contributed by atoms with Crippen molar-refractivity contribution in [2.24, 2.45) is 7.05 Å². The molecule has 2 saturated heterocycles. The van der Waals surface area contributed by atoms with Crippen LogP contribution in [-0.4, -0.2) is 57.1 Å². The summed E-state index contributed by atoms with van der Waals surface area (Å²) in [7, 11) is 1.74. The molecule has 3 rings (SSSR count). The summed E-state index contributed by atoms with van der Waals surface area (Å²) in [6, 6.07) is 0.540. The predicted molar refractivity (Wildman–Crippen MR) is 90.9 cm³/mol. The number of nitrogens with zero attached hydrogens (tertiary/aromatic N) is 3. The van der Waals surface area contributed by atoms with E-state index >= 15 is 0 Å². The maximum absolute atomic E-state index is 12.6. The molecule has 0 bridgehead atoms. The van der Waals surface area contributed by atoms with Crippen molar-refractivity contribution in [3.05, 3.63) is 17.5 Å². The van der Waals surface area contributed by atoms with Gasteiger partial charge in [-0.05, 0) is 19.4 Å². The molecule has 0 aromatic carbocycles. The molecule has 136 valence electrons. The van der Waals surface area contributed by atoms with Gasteiger partial charge in [0.1, 0.15) is 17.8 Å². The molecular formula is C17H25N5O3. The third kappa shape index (κ3) is 3.12. The molecule has 3 heterocycles. The molecule has 0 saturated carbocycles. The van der Waals surface area contributed by atoms with E-state index in [9.17, 15) is 14.4 Å². The summed E-state index contributed by atoms with van der Waals surface area (Å²) in [5.41, 5.74) is 1.16. The third-order valence-corrected chi connectivity index (χ3v) is 4.83. The van der Waals surface area contributed by atoms with Gasteiger partial charge in [-0.15, -0.1) is 0 Å². The molecule has 0 aliphatic carbocycles. The number of piperazine rings is 1. The monoisotopic (exact) mass is 347 g/mol. The second kappa shape index (κ2) is 5.86. The zero-order valence-corrected chi connectivity index (χ0v) is 15.3. The van der Waals surface area contributed by atoms with Crippen LogP contribution in [-0.2, 0) is 22.1 Å². The number of carbonyl (C=O) groups is 3. The predicted octanol–water partition coefficient (Wildman–Crippen LogP) is -0.0648. The Labute approximate surface area is 146 Å². The number of rotatable bonds is 2. The lowest BCUT2D eigenvalue weighted by molar-refractivity contribution is -0.146. The van der Waals surface area contributed by atoms with E-state index in [0.717, 1.165) is 5.69 Å². The van der Waals surface area contributed by atoms with Crippen molar-refractivity contribution in [3.8, 4) is 0 Å². The second-order valence-electron chi connectivity index (χ2n) is 7.93. The summed E-state index contributed by atoms with van der Waals surface area (Å²) in [5, 5.41) is 10.0. The number of hydrogen-bond donors (Lipinski definition) is 2. The van der Waals surface area contributed by atoms with E-state index in [4.69, 9.17) is 0 Å². The Morgan fingerprint density at radius 3 is 2.64 bits per heavy atom. The zero-order chi connectivity index (χ0) is 18.5. The van der Waals surface area contributed by atoms with E-state index in [0.29, 0.717) is 18.7 Å². The standard InChI is InChI=1S/C17H25N5O3/c1-9-16(25)22-8-10(6-12(22)15(24)18-9)19-14(23)11-7-13(17(2,3)4)20-21(11)5/h7,9-10,12H,6,8H2,1-5H3,(H,18,24)(H,19,23)/t9-,10-,12-/m0/s1. The number of carbonyl (C=O) groups excluding carboxylic acids is 3. The lowest BCUT2D eigenvalue weighted by Gasteiger charge is -2.32. The number of nitrogens with one attached hydrogen (secondary N) is 2. The first-order valence-electron chi connectivity index (χ1n) is 8.54. The topological polar surface area (TPSA) is 96.3 Å². The van der Waals surface area contributed by atoms with Gasteiger partial charge in [-0.3, -0.25) is 19.1 Å². The van der Waals surface area contributed by atoms with Crippen molar-refractivity contribution in [1.82, 2.24) is 25.3 Å². The highest BCUT2D eigenvalue weighted by molar-refractivity contribution is 5.98. The average molecular weight is 347 g/mol. The van der Waals surface area contributed by atoms with Crippen LogP contribution in [0.4, 0.5) is 0 Å². The van der Waals surface area contributed by atoms with Crippen LogP contribution in [0.1, 0.15) is 50.3 Å². The van der Waals surface area contributed by atoms with Crippen LogP contribution in [0.2, 0.25) is 0 Å². The van der Waals surface area contributed by atoms with Gasteiger partial charge < -0.3 is 15.5 Å². The summed E-state index contributed by atoms with van der Waals surface area (Å²) in [4.78, 5) is 38.5. The quantitative estimate of drug-likeness (QED) is 0.783. The molecule has 0 radical (unpaired) electrons. The fourth-order valence-corrected chi connectivity index (χ4v) is 3.36. The van der Waals surface area contributed by atoms with E-state index in [2.05, 4.69) is 15.7 Å². The van der Waals surface area contributed by atoms with Gasteiger partial charge in [-0.25, -0.2) is 0 Å². The van der Waals surface area contributed by atoms with Crippen LogP contribution >= 0.6 is 0 Å². The normalized spacial score (nSPS) is 26.4. The zero-order valence-electron chi connectivity index (χ0n) is 15.3. The largest absolute Gasteiger partial charge is 0.346 e. The highest BCUT2D eigenvalue weighted by Gasteiger charge is 2.45. The first-order chi connectivity index (χ1) is 11.6. The minimum Gasteiger partial charge on any atom is -0.346 e. The van der Waals surface area contributed by atoms with Crippen molar-refractivity contribution in [2.45, 2.75) is 57.7 Å². The highest BCUT2D eigenvalue weighted by Crippen LogP contribution is 2.24. The molecule has 8 nitrogen and oxygen atoms in total. The van der Waals surface area contributed by atoms with Gasteiger partial charge in [0.05, 0.1) is 5.69 Å². The summed E-state index contributed by atoms with van der Waals surface area (Å²) in [6.07, 6.45) is 0.431. The van der Waals surface area contributed by atoms with Crippen LogP contribution in [0.25, 0.3) is 0 Å². The Bertz CT molecular complexity index is 733. The van der Waals surface area contributed by atoms with Gasteiger partial charge in [0.2, 0.25) is 11.8 Å². The fraction of sp³-hybridized carbons (Fsp3) is 0.647. The summed E-state index contributed by atoms with van der Waals surface area (Å²) in [6.45, 7) is 8.15. The van der Waals surface area contributed by atoms with Crippen LogP contribution in [0.3, 0.4) is 0 Å². The second-order valence-corrected chi connectivity index (χ2v) is 7.93. The molecular weight excluding hydrogens is 322 g/mol. The Morgan fingerprint density at radius 1 is 1.36 bits per heavy atom. The molecule has 2 fully saturated rings. The molecule has 3 amide bonds. The van der Waals surface area contributed by atoms with E-state index < -0.39 is 12.1 Å². The lowest BCUT2D eigenvalue weighted by Crippen LogP contribution is -2.60. The smallest absolute Gasteiger partial charge is 0.269 e. The fourth-order valence-electron chi connectivity index (χ4n) is 3.36. The Kier molecular flexibility index (Phi) is 4.09. The van der Waals surface area contributed by atoms with E-state index in [1.54, 1.807) is 29.6 Å². The molecule has 3 atom stereocenters. The number of aromatic nitrogens is 2. The molecule has 2 aliphatic rings. The van der Waals surface area contributed by atoms with Crippen LogP contribution in [0, 0.1) is 0 Å². The number of hydrogen-bond acceptors (Lipinski definition) is 4. The van der Waals surface area contributed by atoms with Crippen molar-refractivity contribution in [3.63, 3.8) is 0 Å². The maximum atomic E-state index is 12.6. The molecule has 2 aliphatic heterocycles. The highest BCUT2D eigenvalue weighted by atomic mass is 16.2. The maximum Gasteiger partial charge on any atom is 0.269 e. The van der Waals surface area contributed by atoms with Crippen molar-refractivity contribution in [2.75, 3.05) is 6.54 Å². The molecule has 1 aromatic rings. The average Bonchev–Trinajstić information content (AvgIpc) is 3.08. The van der Waals surface area contributed by atoms with Crippen LogP contribution in [0.5, 0.6) is 0 Å². The van der Waals surface area contributed by atoms with Gasteiger partial charge in [0.15, 0.2) is 0 Å². The number of amides is 3. The first-order valence-corrected chi connectivity index (χ1v) is 8.54. The summed E-state index contributed by atoms with van der Waals surface area (Å²) < 4.78 is 1.57. The minimum absolute atomic E-state index is 0.100. The Morgan fingerprint density at radius 2 is 2.04 bits per heavy atom.